The van der Waals surface area contributed by atoms with Crippen LogP contribution in [0, 0.1) is 0 Å². The van der Waals surface area contributed by atoms with Crippen LogP contribution in [0.15, 0.2) is 42.5 Å². The molecular weight excluding hydrogens is 481 g/mol. The van der Waals surface area contributed by atoms with Crippen LogP contribution < -0.4 is 15.5 Å². The van der Waals surface area contributed by atoms with E-state index in [1.165, 1.54) is 37.7 Å². The number of carbonyl (C=O) groups excluding carboxylic acids is 1. The van der Waals surface area contributed by atoms with Crippen molar-refractivity contribution >= 4 is 40.6 Å². The van der Waals surface area contributed by atoms with Gasteiger partial charge < -0.3 is 15.5 Å². The van der Waals surface area contributed by atoms with E-state index in [2.05, 4.69) is 49.6 Å². The lowest BCUT2D eigenvalue weighted by Crippen LogP contribution is -2.53. The molecule has 0 spiro atoms. The van der Waals surface area contributed by atoms with Gasteiger partial charge in [-0.15, -0.1) is 0 Å². The van der Waals surface area contributed by atoms with Crippen molar-refractivity contribution in [2.45, 2.75) is 44.2 Å². The molecule has 190 valence electrons. The molecule has 2 aromatic carbocycles. The molecule has 2 amide bonds. The van der Waals surface area contributed by atoms with E-state index in [0.29, 0.717) is 22.3 Å². The summed E-state index contributed by atoms with van der Waals surface area (Å²) < 4.78 is 0. The number of hydrogen-bond acceptors (Lipinski definition) is 4. The molecule has 2 aliphatic rings. The van der Waals surface area contributed by atoms with Crippen molar-refractivity contribution in [3.63, 3.8) is 0 Å². The second kappa shape index (κ2) is 12.3. The van der Waals surface area contributed by atoms with E-state index in [1.807, 2.05) is 14.1 Å². The number of benzene rings is 2. The molecule has 2 N–H and O–H groups in total. The normalized spacial score (nSPS) is 18.7. The molecule has 1 unspecified atom stereocenters. The molecule has 6 nitrogen and oxygen atoms in total. The highest BCUT2D eigenvalue weighted by Gasteiger charge is 2.29. The zero-order valence-electron chi connectivity index (χ0n) is 20.8. The number of nitrogens with zero attached hydrogens (tertiary/aromatic N) is 3. The van der Waals surface area contributed by atoms with Gasteiger partial charge in [0.2, 0.25) is 0 Å². The van der Waals surface area contributed by atoms with Crippen molar-refractivity contribution in [1.29, 1.82) is 0 Å². The Bertz CT molecular complexity index is 950. The summed E-state index contributed by atoms with van der Waals surface area (Å²) in [5, 5.41) is 6.91. The molecule has 1 aliphatic carbocycles. The van der Waals surface area contributed by atoms with E-state index in [4.69, 9.17) is 23.2 Å². The van der Waals surface area contributed by atoms with Crippen LogP contribution in [0.5, 0.6) is 0 Å². The van der Waals surface area contributed by atoms with Crippen LogP contribution in [0.4, 0.5) is 16.2 Å². The van der Waals surface area contributed by atoms with Crippen molar-refractivity contribution < 1.29 is 4.79 Å². The van der Waals surface area contributed by atoms with Crippen LogP contribution in [0.2, 0.25) is 10.0 Å². The zero-order valence-corrected chi connectivity index (χ0v) is 22.3. The maximum absolute atomic E-state index is 12.7. The lowest BCUT2D eigenvalue weighted by Gasteiger charge is -2.43. The third-order valence-corrected chi connectivity index (χ3v) is 7.69. The number of hydrogen-bond donors (Lipinski definition) is 2. The van der Waals surface area contributed by atoms with Gasteiger partial charge in [-0.25, -0.2) is 4.79 Å². The smallest absolute Gasteiger partial charge is 0.319 e. The maximum atomic E-state index is 12.7. The average molecular weight is 519 g/mol. The molecule has 0 radical (unpaired) electrons. The Morgan fingerprint density at radius 1 is 0.971 bits per heavy atom. The van der Waals surface area contributed by atoms with Crippen molar-refractivity contribution in [3.8, 4) is 0 Å². The summed E-state index contributed by atoms with van der Waals surface area (Å²) in [6.07, 6.45) is 6.79. The predicted molar refractivity (Wildman–Crippen MR) is 147 cm³/mol. The Morgan fingerprint density at radius 2 is 1.60 bits per heavy atom. The molecule has 4 rings (SSSR count). The molecule has 1 saturated carbocycles. The number of nitrogens with one attached hydrogen (secondary N) is 2. The quantitative estimate of drug-likeness (QED) is 0.481. The molecule has 0 aromatic heterocycles. The summed E-state index contributed by atoms with van der Waals surface area (Å²) in [4.78, 5) is 20.0. The number of anilines is 2. The number of amides is 2. The van der Waals surface area contributed by atoms with Crippen LogP contribution in [-0.4, -0.2) is 68.7 Å². The second-order valence-corrected chi connectivity index (χ2v) is 10.7. The maximum Gasteiger partial charge on any atom is 0.319 e. The molecule has 1 saturated heterocycles. The Morgan fingerprint density at radius 3 is 2.20 bits per heavy atom. The summed E-state index contributed by atoms with van der Waals surface area (Å²) in [5.74, 6) is 0. The van der Waals surface area contributed by atoms with Gasteiger partial charge in [0, 0.05) is 74.3 Å². The Balaban J connectivity index is 1.41. The SMILES string of the molecule is CN(C)c1ccc(C(CNC(=O)Nc2cc(Cl)cc(Cl)c2)N2CCN(C3CCCCC3)CC2)cc1. The minimum absolute atomic E-state index is 0.105. The molecule has 35 heavy (non-hydrogen) atoms. The summed E-state index contributed by atoms with van der Waals surface area (Å²) >= 11 is 12.2. The van der Waals surface area contributed by atoms with Crippen LogP contribution in [0.3, 0.4) is 0 Å². The highest BCUT2D eigenvalue weighted by atomic mass is 35.5. The van der Waals surface area contributed by atoms with Gasteiger partial charge in [-0.05, 0) is 48.7 Å². The van der Waals surface area contributed by atoms with Gasteiger partial charge in [0.15, 0.2) is 0 Å². The summed E-state index contributed by atoms with van der Waals surface area (Å²) in [5.41, 5.74) is 2.96. The van der Waals surface area contributed by atoms with Crippen LogP contribution in [0.1, 0.15) is 43.7 Å². The molecule has 1 atom stereocenters. The third-order valence-electron chi connectivity index (χ3n) is 7.25. The monoisotopic (exact) mass is 517 g/mol. The molecule has 1 aliphatic heterocycles. The van der Waals surface area contributed by atoms with Crippen LogP contribution in [0.25, 0.3) is 0 Å². The van der Waals surface area contributed by atoms with Crippen LogP contribution in [-0.2, 0) is 0 Å². The Kier molecular flexibility index (Phi) is 9.17. The molecule has 1 heterocycles. The first-order chi connectivity index (χ1) is 16.9. The number of urea groups is 1. The van der Waals surface area contributed by atoms with Crippen molar-refractivity contribution in [3.05, 3.63) is 58.1 Å². The number of halogens is 2. The van der Waals surface area contributed by atoms with Gasteiger partial charge in [0.05, 0.1) is 6.04 Å². The molecule has 0 bridgehead atoms. The predicted octanol–water partition coefficient (Wildman–Crippen LogP) is 5.87. The first kappa shape index (κ1) is 26.1. The Labute approximate surface area is 219 Å². The van der Waals surface area contributed by atoms with E-state index < -0.39 is 0 Å². The summed E-state index contributed by atoms with van der Waals surface area (Å²) in [7, 11) is 4.09. The standard InChI is InChI=1S/C27H37Cl2N5O/c1-32(2)24-10-8-20(9-11-24)26(19-30-27(35)31-23-17-21(28)16-22(29)18-23)34-14-12-33(13-15-34)25-6-4-3-5-7-25/h8-11,16-18,25-26H,3-7,12-15,19H2,1-2H3,(H2,30,31,35). The summed E-state index contributed by atoms with van der Waals surface area (Å²) in [6.45, 7) is 4.70. The number of rotatable bonds is 7. The van der Waals surface area contributed by atoms with E-state index in [0.717, 1.165) is 37.9 Å². The van der Waals surface area contributed by atoms with Gasteiger partial charge in [-0.3, -0.25) is 9.80 Å². The first-order valence-corrected chi connectivity index (χ1v) is 13.4. The highest BCUT2D eigenvalue weighted by molar-refractivity contribution is 6.35. The molecule has 2 aromatic rings. The van der Waals surface area contributed by atoms with E-state index >= 15 is 0 Å². The van der Waals surface area contributed by atoms with Gasteiger partial charge >= 0.3 is 6.03 Å². The largest absolute Gasteiger partial charge is 0.378 e. The first-order valence-electron chi connectivity index (χ1n) is 12.7. The number of carbonyl (C=O) groups is 1. The fourth-order valence-corrected chi connectivity index (χ4v) is 5.83. The minimum Gasteiger partial charge on any atom is -0.378 e. The molecule has 2 fully saturated rings. The van der Waals surface area contributed by atoms with Crippen molar-refractivity contribution in [1.82, 2.24) is 15.1 Å². The highest BCUT2D eigenvalue weighted by Crippen LogP contribution is 2.28. The van der Waals surface area contributed by atoms with Crippen LogP contribution >= 0.6 is 23.2 Å². The van der Waals surface area contributed by atoms with Crippen molar-refractivity contribution in [2.24, 2.45) is 0 Å². The zero-order chi connectivity index (χ0) is 24.8. The lowest BCUT2D eigenvalue weighted by molar-refractivity contribution is 0.0565. The lowest BCUT2D eigenvalue weighted by atomic mass is 9.93. The van der Waals surface area contributed by atoms with E-state index in [-0.39, 0.29) is 12.1 Å². The fourth-order valence-electron chi connectivity index (χ4n) is 5.30. The van der Waals surface area contributed by atoms with Crippen molar-refractivity contribution in [2.75, 3.05) is 57.0 Å². The number of piperazine rings is 1. The topological polar surface area (TPSA) is 50.9 Å². The van der Waals surface area contributed by atoms with E-state index in [9.17, 15) is 4.79 Å². The second-order valence-electron chi connectivity index (χ2n) is 9.86. The van der Waals surface area contributed by atoms with Gasteiger partial charge in [0.25, 0.3) is 0 Å². The van der Waals surface area contributed by atoms with Gasteiger partial charge in [0.1, 0.15) is 0 Å². The summed E-state index contributed by atoms with van der Waals surface area (Å²) in [6, 6.07) is 14.3. The molecular formula is C27H37Cl2N5O. The van der Waals surface area contributed by atoms with Gasteiger partial charge in [-0.2, -0.15) is 0 Å². The fraction of sp³-hybridized carbons (Fsp3) is 0.519. The van der Waals surface area contributed by atoms with Gasteiger partial charge in [-0.1, -0.05) is 54.6 Å². The average Bonchev–Trinajstić information content (AvgIpc) is 2.85. The minimum atomic E-state index is -0.265. The van der Waals surface area contributed by atoms with E-state index in [1.54, 1.807) is 18.2 Å². The third kappa shape index (κ3) is 7.26. The molecule has 8 heteroatoms. The Hall–Kier alpha value is -1.99.